The Bertz CT molecular complexity index is 1520. The Kier molecular flexibility index (Phi) is 5.83. The molecule has 0 fully saturated rings. The zero-order valence-corrected chi connectivity index (χ0v) is 18.5. The molecular weight excluding hydrogens is 421 g/mol. The van der Waals surface area contributed by atoms with Crippen LogP contribution in [0, 0.1) is 5.82 Å². The highest BCUT2D eigenvalue weighted by Crippen LogP contribution is 2.23. The van der Waals surface area contributed by atoms with Gasteiger partial charge in [0, 0.05) is 22.5 Å². The number of benzene rings is 2. The fourth-order valence-electron chi connectivity index (χ4n) is 3.42. The van der Waals surface area contributed by atoms with Crippen molar-refractivity contribution in [2.75, 3.05) is 5.32 Å². The van der Waals surface area contributed by atoms with Crippen LogP contribution in [0.5, 0.6) is 0 Å². The number of aromatic amines is 3. The summed E-state index contributed by atoms with van der Waals surface area (Å²) in [6.07, 6.45) is 4.72. The molecule has 4 aromatic rings. The molecule has 0 bridgehead atoms. The van der Waals surface area contributed by atoms with Gasteiger partial charge in [-0.05, 0) is 54.1 Å². The van der Waals surface area contributed by atoms with E-state index in [4.69, 9.17) is 0 Å². The Morgan fingerprint density at radius 3 is 2.24 bits per heavy atom. The van der Waals surface area contributed by atoms with E-state index >= 15 is 0 Å². The van der Waals surface area contributed by atoms with Crippen LogP contribution in [0.1, 0.15) is 37.7 Å². The number of imidazole rings is 1. The summed E-state index contributed by atoms with van der Waals surface area (Å²) in [5.74, 6) is -0.312. The molecule has 0 atom stereocenters. The molecule has 0 amide bonds. The van der Waals surface area contributed by atoms with Crippen LogP contribution in [0.3, 0.4) is 0 Å². The molecule has 2 aromatic heterocycles. The highest BCUT2D eigenvalue weighted by atomic mass is 19.1. The third kappa shape index (κ3) is 5.17. The smallest absolute Gasteiger partial charge is 0.272 e. The summed E-state index contributed by atoms with van der Waals surface area (Å²) >= 11 is 0. The number of nitrogens with zero attached hydrogens (tertiary/aromatic N) is 1. The molecular formula is C25H24FN5O2. The van der Waals surface area contributed by atoms with Crippen LogP contribution in [0.25, 0.3) is 12.2 Å². The van der Waals surface area contributed by atoms with Gasteiger partial charge in [-0.15, -0.1) is 0 Å². The molecule has 2 heterocycles. The van der Waals surface area contributed by atoms with Gasteiger partial charge in [0.1, 0.15) is 16.5 Å². The first kappa shape index (κ1) is 22.0. The second-order valence-electron chi connectivity index (χ2n) is 8.69. The van der Waals surface area contributed by atoms with Crippen molar-refractivity contribution in [3.05, 3.63) is 109 Å². The van der Waals surface area contributed by atoms with Crippen molar-refractivity contribution in [1.29, 1.82) is 0 Å². The lowest BCUT2D eigenvalue weighted by molar-refractivity contribution is 0.571. The van der Waals surface area contributed by atoms with Crippen LogP contribution in [-0.4, -0.2) is 19.9 Å². The normalized spacial score (nSPS) is 12.8. The Balaban J connectivity index is 1.69. The van der Waals surface area contributed by atoms with Crippen LogP contribution in [0.4, 0.5) is 15.8 Å². The molecule has 0 radical (unpaired) electrons. The minimum atomic E-state index is -0.427. The van der Waals surface area contributed by atoms with Crippen molar-refractivity contribution in [2.45, 2.75) is 26.2 Å². The second kappa shape index (κ2) is 8.74. The van der Waals surface area contributed by atoms with Gasteiger partial charge in [0.05, 0.1) is 12.0 Å². The summed E-state index contributed by atoms with van der Waals surface area (Å²) in [5, 5.41) is 3.43. The van der Waals surface area contributed by atoms with Crippen molar-refractivity contribution >= 4 is 23.5 Å². The van der Waals surface area contributed by atoms with E-state index in [0.29, 0.717) is 11.3 Å². The van der Waals surface area contributed by atoms with Crippen LogP contribution in [-0.2, 0) is 5.41 Å². The van der Waals surface area contributed by atoms with E-state index < -0.39 is 11.1 Å². The third-order valence-corrected chi connectivity index (χ3v) is 5.02. The van der Waals surface area contributed by atoms with Gasteiger partial charge < -0.3 is 20.3 Å². The molecule has 4 N–H and O–H groups in total. The van der Waals surface area contributed by atoms with E-state index in [1.165, 1.54) is 12.1 Å². The Morgan fingerprint density at radius 1 is 0.909 bits per heavy atom. The minimum Gasteiger partial charge on any atom is -0.356 e. The lowest BCUT2D eigenvalue weighted by Gasteiger charge is -2.16. The number of rotatable bonds is 4. The summed E-state index contributed by atoms with van der Waals surface area (Å²) in [7, 11) is 0. The molecule has 0 unspecified atom stereocenters. The first-order valence-electron chi connectivity index (χ1n) is 10.4. The number of hydrogen-bond donors (Lipinski definition) is 4. The van der Waals surface area contributed by atoms with Crippen molar-refractivity contribution in [3.8, 4) is 0 Å². The Labute approximate surface area is 188 Å². The average molecular weight is 445 g/mol. The molecule has 0 saturated carbocycles. The maximum Gasteiger partial charge on any atom is 0.272 e. The molecule has 0 aliphatic carbocycles. The molecule has 168 valence electrons. The number of halogens is 1. The van der Waals surface area contributed by atoms with Gasteiger partial charge in [-0.2, -0.15) is 0 Å². The first-order chi connectivity index (χ1) is 15.7. The van der Waals surface area contributed by atoms with E-state index in [9.17, 15) is 14.0 Å². The third-order valence-electron chi connectivity index (χ3n) is 5.02. The van der Waals surface area contributed by atoms with Gasteiger partial charge in [-0.25, -0.2) is 9.37 Å². The predicted octanol–water partition coefficient (Wildman–Crippen LogP) is 2.62. The molecule has 33 heavy (non-hydrogen) atoms. The van der Waals surface area contributed by atoms with E-state index in [1.54, 1.807) is 30.6 Å². The van der Waals surface area contributed by atoms with Gasteiger partial charge in [0.25, 0.3) is 11.1 Å². The van der Waals surface area contributed by atoms with Gasteiger partial charge in [0.2, 0.25) is 0 Å². The standard InChI is InChI=1S/C25H24FN5O2/c1-25(2,3)22-19(27-14-28-22)13-21-24(33)30-20(23(32)31-21)12-15-5-4-6-18(11-15)29-17-9-7-16(26)8-10-17/h4-14,29H,1-3H3,(H,27,28)(H,30,33)(H,31,32)/b20-12-,21-13-. The summed E-state index contributed by atoms with van der Waals surface area (Å²) in [4.78, 5) is 38.0. The fourth-order valence-corrected chi connectivity index (χ4v) is 3.42. The largest absolute Gasteiger partial charge is 0.356 e. The molecule has 2 aromatic carbocycles. The molecule has 0 aliphatic heterocycles. The summed E-state index contributed by atoms with van der Waals surface area (Å²) in [5.41, 5.74) is 2.61. The molecule has 7 nitrogen and oxygen atoms in total. The lowest BCUT2D eigenvalue weighted by atomic mass is 9.90. The van der Waals surface area contributed by atoms with Crippen LogP contribution in [0.2, 0.25) is 0 Å². The zero-order valence-electron chi connectivity index (χ0n) is 18.5. The molecule has 0 spiro atoms. The summed E-state index contributed by atoms with van der Waals surface area (Å²) in [6.45, 7) is 6.09. The zero-order chi connectivity index (χ0) is 23.6. The highest BCUT2D eigenvalue weighted by Gasteiger charge is 2.19. The summed E-state index contributed by atoms with van der Waals surface area (Å²) < 4.78 is 13.1. The second-order valence-corrected chi connectivity index (χ2v) is 8.69. The highest BCUT2D eigenvalue weighted by molar-refractivity contribution is 5.63. The molecule has 0 aliphatic rings. The summed E-state index contributed by atoms with van der Waals surface area (Å²) in [6, 6.07) is 13.3. The first-order valence-corrected chi connectivity index (χ1v) is 10.4. The number of hydrogen-bond acceptors (Lipinski definition) is 4. The topological polar surface area (TPSA) is 106 Å². The molecule has 8 heteroatoms. The minimum absolute atomic E-state index is 0.126. The Morgan fingerprint density at radius 2 is 1.58 bits per heavy atom. The fraction of sp³-hybridized carbons (Fsp3) is 0.160. The number of nitrogens with one attached hydrogen (secondary N) is 4. The number of anilines is 2. The SMILES string of the molecule is CC(C)(C)c1[nH]cnc1/C=c1\[nH]c(=O)/c(=C/c2cccc(Nc3ccc(F)cc3)c2)[nH]c1=O. The van der Waals surface area contributed by atoms with E-state index in [2.05, 4.69) is 25.3 Å². The van der Waals surface area contributed by atoms with Crippen molar-refractivity contribution in [3.63, 3.8) is 0 Å². The van der Waals surface area contributed by atoms with Gasteiger partial charge in [-0.1, -0.05) is 32.9 Å². The van der Waals surface area contributed by atoms with Gasteiger partial charge in [-0.3, -0.25) is 9.59 Å². The van der Waals surface area contributed by atoms with Crippen molar-refractivity contribution in [1.82, 2.24) is 19.9 Å². The van der Waals surface area contributed by atoms with Crippen molar-refractivity contribution in [2.24, 2.45) is 0 Å². The quantitative estimate of drug-likeness (QED) is 0.387. The van der Waals surface area contributed by atoms with E-state index in [-0.39, 0.29) is 21.9 Å². The molecule has 4 rings (SSSR count). The monoisotopic (exact) mass is 445 g/mol. The van der Waals surface area contributed by atoms with Gasteiger partial charge >= 0.3 is 0 Å². The lowest BCUT2D eigenvalue weighted by Crippen LogP contribution is -2.46. The van der Waals surface area contributed by atoms with Crippen LogP contribution >= 0.6 is 0 Å². The van der Waals surface area contributed by atoms with Gasteiger partial charge in [0.15, 0.2) is 0 Å². The molecule has 0 saturated heterocycles. The van der Waals surface area contributed by atoms with Crippen LogP contribution in [0.15, 0.2) is 64.4 Å². The maximum absolute atomic E-state index is 13.1. The van der Waals surface area contributed by atoms with Crippen molar-refractivity contribution < 1.29 is 4.39 Å². The maximum atomic E-state index is 13.1. The van der Waals surface area contributed by atoms with Crippen LogP contribution < -0.4 is 27.1 Å². The van der Waals surface area contributed by atoms with E-state index in [0.717, 1.165) is 17.1 Å². The number of aromatic nitrogens is 4. The number of H-pyrrole nitrogens is 3. The Hall–Kier alpha value is -4.20. The van der Waals surface area contributed by atoms with E-state index in [1.807, 2.05) is 45.0 Å². The average Bonchev–Trinajstić information content (AvgIpc) is 3.23. The predicted molar refractivity (Wildman–Crippen MR) is 127 cm³/mol.